The standard InChI is InChI=1S/C21H14ClF3N4O/c22-13-4-1-11(2-5-13)20(7-8-20)17-15(10-26)18-27-19(30)14-9-12(21(23,24)25)3-6-16(14)29(18)28-17/h1-6,9,19,27,30H,7-8H2. The van der Waals surface area contributed by atoms with E-state index < -0.39 is 23.4 Å². The van der Waals surface area contributed by atoms with Gasteiger partial charge in [-0.3, -0.25) is 0 Å². The number of alkyl halides is 3. The van der Waals surface area contributed by atoms with E-state index in [0.717, 1.165) is 30.5 Å². The number of nitriles is 1. The summed E-state index contributed by atoms with van der Waals surface area (Å²) in [6.07, 6.45) is -4.36. The van der Waals surface area contributed by atoms with Gasteiger partial charge in [-0.25, -0.2) is 4.68 Å². The van der Waals surface area contributed by atoms with Gasteiger partial charge in [0.25, 0.3) is 0 Å². The molecule has 0 bridgehead atoms. The molecular weight excluding hydrogens is 417 g/mol. The van der Waals surface area contributed by atoms with Crippen LogP contribution in [0.1, 0.15) is 47.0 Å². The van der Waals surface area contributed by atoms with Crippen LogP contribution in [-0.2, 0) is 11.6 Å². The van der Waals surface area contributed by atoms with Crippen molar-refractivity contribution in [3.8, 4) is 11.8 Å². The predicted molar refractivity (Wildman–Crippen MR) is 103 cm³/mol. The highest BCUT2D eigenvalue weighted by molar-refractivity contribution is 6.30. The van der Waals surface area contributed by atoms with Gasteiger partial charge in [0.1, 0.15) is 17.5 Å². The molecule has 152 valence electrons. The van der Waals surface area contributed by atoms with E-state index in [2.05, 4.69) is 16.5 Å². The number of aliphatic hydroxyl groups excluding tert-OH is 1. The Morgan fingerprint density at radius 1 is 1.20 bits per heavy atom. The lowest BCUT2D eigenvalue weighted by Crippen LogP contribution is -2.22. The van der Waals surface area contributed by atoms with E-state index in [4.69, 9.17) is 11.6 Å². The van der Waals surface area contributed by atoms with Gasteiger partial charge in [0.05, 0.1) is 16.9 Å². The van der Waals surface area contributed by atoms with Crippen molar-refractivity contribution in [3.05, 3.63) is 75.4 Å². The third-order valence-corrected chi connectivity index (χ3v) is 6.00. The van der Waals surface area contributed by atoms with Gasteiger partial charge in [-0.2, -0.15) is 23.5 Å². The zero-order chi connectivity index (χ0) is 21.3. The van der Waals surface area contributed by atoms with Crippen molar-refractivity contribution >= 4 is 17.4 Å². The monoisotopic (exact) mass is 430 g/mol. The van der Waals surface area contributed by atoms with Crippen molar-refractivity contribution in [2.45, 2.75) is 30.7 Å². The maximum atomic E-state index is 13.1. The molecule has 1 unspecified atom stereocenters. The van der Waals surface area contributed by atoms with Crippen molar-refractivity contribution in [1.82, 2.24) is 9.78 Å². The van der Waals surface area contributed by atoms with Crippen molar-refractivity contribution in [2.75, 3.05) is 5.32 Å². The molecule has 2 heterocycles. The second-order valence-corrected chi connectivity index (χ2v) is 7.94. The molecule has 1 atom stereocenters. The van der Waals surface area contributed by atoms with Gasteiger partial charge >= 0.3 is 6.18 Å². The van der Waals surface area contributed by atoms with Gasteiger partial charge < -0.3 is 10.4 Å². The molecule has 1 aliphatic heterocycles. The zero-order valence-electron chi connectivity index (χ0n) is 15.3. The number of halogens is 4. The molecule has 0 amide bonds. The fraction of sp³-hybridized carbons (Fsp3) is 0.238. The van der Waals surface area contributed by atoms with Crippen LogP contribution in [-0.4, -0.2) is 14.9 Å². The van der Waals surface area contributed by atoms with Crippen LogP contribution in [0.2, 0.25) is 5.02 Å². The second kappa shape index (κ2) is 6.24. The van der Waals surface area contributed by atoms with Crippen molar-refractivity contribution in [3.63, 3.8) is 0 Å². The number of nitrogens with one attached hydrogen (secondary N) is 1. The summed E-state index contributed by atoms with van der Waals surface area (Å²) in [6.45, 7) is 0. The molecule has 1 fully saturated rings. The third kappa shape index (κ3) is 2.70. The minimum atomic E-state index is -4.53. The van der Waals surface area contributed by atoms with Gasteiger partial charge in [-0.1, -0.05) is 23.7 Å². The number of aliphatic hydroxyl groups is 1. The first kappa shape index (κ1) is 19.0. The molecule has 1 aliphatic carbocycles. The molecule has 0 spiro atoms. The number of benzene rings is 2. The van der Waals surface area contributed by atoms with Crippen LogP contribution >= 0.6 is 11.6 Å². The number of fused-ring (bicyclic) bond motifs is 3. The van der Waals surface area contributed by atoms with E-state index in [-0.39, 0.29) is 16.9 Å². The number of nitrogens with zero attached hydrogens (tertiary/aromatic N) is 3. The van der Waals surface area contributed by atoms with Crippen LogP contribution in [0.4, 0.5) is 19.0 Å². The summed E-state index contributed by atoms with van der Waals surface area (Å²) in [5, 5.41) is 28.2. The van der Waals surface area contributed by atoms with Crippen molar-refractivity contribution in [2.24, 2.45) is 0 Å². The molecule has 9 heteroatoms. The Bertz CT molecular complexity index is 1210. The fourth-order valence-corrected chi connectivity index (χ4v) is 4.20. The maximum Gasteiger partial charge on any atom is 0.416 e. The van der Waals surface area contributed by atoms with E-state index in [1.807, 2.05) is 12.1 Å². The maximum absolute atomic E-state index is 13.1. The molecule has 1 aromatic heterocycles. The van der Waals surface area contributed by atoms with Crippen LogP contribution in [0, 0.1) is 11.3 Å². The fourth-order valence-electron chi connectivity index (χ4n) is 4.07. The van der Waals surface area contributed by atoms with Gasteiger partial charge in [-0.15, -0.1) is 0 Å². The summed E-state index contributed by atoms with van der Waals surface area (Å²) in [4.78, 5) is 0. The highest BCUT2D eigenvalue weighted by Gasteiger charge is 2.51. The Labute approximate surface area is 174 Å². The smallest absolute Gasteiger partial charge is 0.369 e. The number of rotatable bonds is 2. The van der Waals surface area contributed by atoms with E-state index in [0.29, 0.717) is 16.4 Å². The molecule has 2 aliphatic rings. The van der Waals surface area contributed by atoms with E-state index >= 15 is 0 Å². The number of anilines is 1. The molecule has 5 rings (SSSR count). The van der Waals surface area contributed by atoms with Crippen LogP contribution in [0.3, 0.4) is 0 Å². The lowest BCUT2D eigenvalue weighted by molar-refractivity contribution is -0.137. The minimum absolute atomic E-state index is 0.0483. The van der Waals surface area contributed by atoms with E-state index in [1.165, 1.54) is 10.7 Å². The summed E-state index contributed by atoms with van der Waals surface area (Å²) >= 11 is 6.00. The lowest BCUT2D eigenvalue weighted by atomic mass is 9.90. The molecule has 5 nitrogen and oxygen atoms in total. The van der Waals surface area contributed by atoms with Crippen molar-refractivity contribution < 1.29 is 18.3 Å². The minimum Gasteiger partial charge on any atom is -0.369 e. The first-order chi connectivity index (χ1) is 14.2. The van der Waals surface area contributed by atoms with Crippen LogP contribution < -0.4 is 5.32 Å². The second-order valence-electron chi connectivity index (χ2n) is 7.50. The topological polar surface area (TPSA) is 73.9 Å². The summed E-state index contributed by atoms with van der Waals surface area (Å²) < 4.78 is 40.7. The lowest BCUT2D eigenvalue weighted by Gasteiger charge is -2.25. The van der Waals surface area contributed by atoms with E-state index in [1.54, 1.807) is 12.1 Å². The SMILES string of the molecule is N#Cc1c(C2(c3ccc(Cl)cc3)CC2)nn2c1NC(O)c1cc(C(F)(F)F)ccc1-2. The Balaban J connectivity index is 1.68. The molecule has 30 heavy (non-hydrogen) atoms. The van der Waals surface area contributed by atoms with Gasteiger partial charge in [0.15, 0.2) is 6.23 Å². The third-order valence-electron chi connectivity index (χ3n) is 5.75. The first-order valence-corrected chi connectivity index (χ1v) is 9.58. The van der Waals surface area contributed by atoms with Crippen LogP contribution in [0.25, 0.3) is 5.69 Å². The summed E-state index contributed by atoms with van der Waals surface area (Å²) in [7, 11) is 0. The van der Waals surface area contributed by atoms with Gasteiger partial charge in [0, 0.05) is 16.0 Å². The number of hydrogen-bond acceptors (Lipinski definition) is 4. The first-order valence-electron chi connectivity index (χ1n) is 9.20. The predicted octanol–water partition coefficient (Wildman–Crippen LogP) is 4.91. The zero-order valence-corrected chi connectivity index (χ0v) is 16.1. The Morgan fingerprint density at radius 2 is 1.90 bits per heavy atom. The summed E-state index contributed by atoms with van der Waals surface area (Å²) in [5.41, 5.74) is 0.803. The van der Waals surface area contributed by atoms with Crippen molar-refractivity contribution in [1.29, 1.82) is 5.26 Å². The molecular formula is C21H14ClF3N4O. The highest BCUT2D eigenvalue weighted by atomic mass is 35.5. The largest absolute Gasteiger partial charge is 0.416 e. The van der Waals surface area contributed by atoms with Gasteiger partial charge in [0.2, 0.25) is 0 Å². The molecule has 0 saturated heterocycles. The highest BCUT2D eigenvalue weighted by Crippen LogP contribution is 2.55. The molecule has 1 saturated carbocycles. The molecule has 2 N–H and O–H groups in total. The van der Waals surface area contributed by atoms with Crippen LogP contribution in [0.5, 0.6) is 0 Å². The number of hydrogen-bond donors (Lipinski definition) is 2. The summed E-state index contributed by atoms with van der Waals surface area (Å²) in [6, 6.07) is 12.6. The Morgan fingerprint density at radius 3 is 2.50 bits per heavy atom. The average Bonchev–Trinajstić information content (AvgIpc) is 3.43. The number of aromatic nitrogens is 2. The summed E-state index contributed by atoms with van der Waals surface area (Å²) in [5.74, 6) is 0.271. The van der Waals surface area contributed by atoms with E-state index in [9.17, 15) is 23.5 Å². The molecule has 2 aromatic carbocycles. The average molecular weight is 431 g/mol. The van der Waals surface area contributed by atoms with Gasteiger partial charge in [-0.05, 0) is 48.7 Å². The Kier molecular flexibility index (Phi) is 3.95. The molecule has 0 radical (unpaired) electrons. The normalized spacial score (nSPS) is 18.7. The van der Waals surface area contributed by atoms with Crippen LogP contribution in [0.15, 0.2) is 42.5 Å². The molecule has 3 aromatic rings. The Hall–Kier alpha value is -3.02. The quantitative estimate of drug-likeness (QED) is 0.605.